The second kappa shape index (κ2) is 10.2. The van der Waals surface area contributed by atoms with E-state index in [2.05, 4.69) is 10.5 Å². The molecule has 162 valence electrons. The van der Waals surface area contributed by atoms with Crippen molar-refractivity contribution >= 4 is 39.2 Å². The Morgan fingerprint density at radius 2 is 1.84 bits per heavy atom. The van der Waals surface area contributed by atoms with Crippen LogP contribution >= 0.6 is 11.3 Å². The van der Waals surface area contributed by atoms with Crippen LogP contribution in [0.3, 0.4) is 0 Å². The number of hydrazone groups is 1. The van der Waals surface area contributed by atoms with Gasteiger partial charge in [-0.25, -0.2) is 13.8 Å². The Morgan fingerprint density at radius 1 is 1.13 bits per heavy atom. The van der Waals surface area contributed by atoms with E-state index in [9.17, 15) is 13.2 Å². The quantitative estimate of drug-likeness (QED) is 0.391. The molecule has 3 rings (SSSR count). The molecule has 0 aliphatic carbocycles. The molecule has 0 unspecified atom stereocenters. The summed E-state index contributed by atoms with van der Waals surface area (Å²) < 4.78 is 33.0. The zero-order chi connectivity index (χ0) is 22.3. The van der Waals surface area contributed by atoms with Gasteiger partial charge in [0.25, 0.3) is 15.9 Å². The standard InChI is InChI=1S/C22H23N3O4S2/c1-3-29-19-11-9-18(10-12-19)25(31(27,28)20-7-5-4-6-8-20)16-22(26)24-23-15-21-17(2)13-14-30-21/h4-15H,3,16H2,1-2H3,(H,24,26)/b23-15+. The molecule has 1 aromatic heterocycles. The Kier molecular flexibility index (Phi) is 7.43. The van der Waals surface area contributed by atoms with Crippen molar-refractivity contribution in [1.82, 2.24) is 5.43 Å². The van der Waals surface area contributed by atoms with E-state index in [0.717, 1.165) is 14.7 Å². The summed E-state index contributed by atoms with van der Waals surface area (Å²) in [6.07, 6.45) is 1.55. The second-order valence-electron chi connectivity index (χ2n) is 6.51. The Morgan fingerprint density at radius 3 is 2.45 bits per heavy atom. The van der Waals surface area contributed by atoms with Crippen molar-refractivity contribution in [3.8, 4) is 5.75 Å². The van der Waals surface area contributed by atoms with Crippen LogP contribution in [0, 0.1) is 6.92 Å². The van der Waals surface area contributed by atoms with Crippen LogP contribution in [0.15, 0.2) is 76.0 Å². The van der Waals surface area contributed by atoms with Crippen molar-refractivity contribution in [3.63, 3.8) is 0 Å². The molecule has 7 nitrogen and oxygen atoms in total. The SMILES string of the molecule is CCOc1ccc(N(CC(=O)N/N=C/c2sccc2C)S(=O)(=O)c2ccccc2)cc1. The van der Waals surface area contributed by atoms with Crippen LogP contribution in [0.5, 0.6) is 5.75 Å². The number of benzene rings is 2. The van der Waals surface area contributed by atoms with Gasteiger partial charge in [-0.1, -0.05) is 18.2 Å². The summed E-state index contributed by atoms with van der Waals surface area (Å²) in [6.45, 7) is 3.88. The summed E-state index contributed by atoms with van der Waals surface area (Å²) in [5.41, 5.74) is 3.80. The van der Waals surface area contributed by atoms with Gasteiger partial charge in [-0.3, -0.25) is 9.10 Å². The van der Waals surface area contributed by atoms with Gasteiger partial charge < -0.3 is 4.74 Å². The number of aryl methyl sites for hydroxylation is 1. The molecule has 1 amide bonds. The molecule has 0 aliphatic rings. The number of sulfonamides is 1. The zero-order valence-electron chi connectivity index (χ0n) is 17.2. The van der Waals surface area contributed by atoms with Gasteiger partial charge >= 0.3 is 0 Å². The minimum atomic E-state index is -3.97. The van der Waals surface area contributed by atoms with Gasteiger partial charge in [-0.15, -0.1) is 11.3 Å². The first-order valence-corrected chi connectivity index (χ1v) is 11.9. The monoisotopic (exact) mass is 457 g/mol. The fourth-order valence-corrected chi connectivity index (χ4v) is 4.98. The molecular formula is C22H23N3O4S2. The number of hydrogen-bond acceptors (Lipinski definition) is 6. The molecule has 0 fully saturated rings. The first-order chi connectivity index (χ1) is 14.9. The normalized spacial score (nSPS) is 11.4. The van der Waals surface area contributed by atoms with Crippen LogP contribution in [0.25, 0.3) is 0 Å². The number of hydrogen-bond donors (Lipinski definition) is 1. The number of rotatable bonds is 9. The Bertz CT molecular complexity index is 1140. The maximum atomic E-state index is 13.3. The van der Waals surface area contributed by atoms with Gasteiger partial charge in [0.1, 0.15) is 12.3 Å². The maximum Gasteiger partial charge on any atom is 0.264 e. The van der Waals surface area contributed by atoms with Crippen LogP contribution < -0.4 is 14.5 Å². The molecule has 1 heterocycles. The van der Waals surface area contributed by atoms with E-state index in [4.69, 9.17) is 4.74 Å². The zero-order valence-corrected chi connectivity index (χ0v) is 18.8. The lowest BCUT2D eigenvalue weighted by Gasteiger charge is -2.24. The summed E-state index contributed by atoms with van der Waals surface area (Å²) >= 11 is 1.50. The van der Waals surface area contributed by atoms with Gasteiger partial charge in [0.2, 0.25) is 0 Å². The average molecular weight is 458 g/mol. The molecule has 1 N–H and O–H groups in total. The van der Waals surface area contributed by atoms with Crippen molar-refractivity contribution < 1.29 is 17.9 Å². The van der Waals surface area contributed by atoms with E-state index in [1.807, 2.05) is 25.3 Å². The molecule has 0 saturated carbocycles. The number of carbonyl (C=O) groups excluding carboxylic acids is 1. The molecule has 3 aromatic rings. The van der Waals surface area contributed by atoms with E-state index in [0.29, 0.717) is 18.0 Å². The number of nitrogens with zero attached hydrogens (tertiary/aromatic N) is 2. The van der Waals surface area contributed by atoms with Crippen molar-refractivity contribution in [2.75, 3.05) is 17.5 Å². The third-order valence-electron chi connectivity index (χ3n) is 4.33. The van der Waals surface area contributed by atoms with Crippen molar-refractivity contribution in [1.29, 1.82) is 0 Å². The molecule has 31 heavy (non-hydrogen) atoms. The van der Waals surface area contributed by atoms with Gasteiger partial charge in [0.15, 0.2) is 0 Å². The minimum Gasteiger partial charge on any atom is -0.494 e. The lowest BCUT2D eigenvalue weighted by Crippen LogP contribution is -2.39. The Balaban J connectivity index is 1.84. The Hall–Kier alpha value is -3.17. The predicted molar refractivity (Wildman–Crippen MR) is 123 cm³/mol. The molecule has 0 radical (unpaired) electrons. The molecule has 2 aromatic carbocycles. The number of anilines is 1. The van der Waals surface area contributed by atoms with E-state index in [1.54, 1.807) is 48.7 Å². The van der Waals surface area contributed by atoms with Crippen LogP contribution in [-0.4, -0.2) is 33.7 Å². The number of thiophene rings is 1. The number of carbonyl (C=O) groups is 1. The number of ether oxygens (including phenoxy) is 1. The lowest BCUT2D eigenvalue weighted by atomic mass is 10.3. The fraction of sp³-hybridized carbons (Fsp3) is 0.182. The highest BCUT2D eigenvalue weighted by Gasteiger charge is 2.27. The third kappa shape index (κ3) is 5.71. The number of nitrogens with one attached hydrogen (secondary N) is 1. The topological polar surface area (TPSA) is 88.1 Å². The summed E-state index contributed by atoms with van der Waals surface area (Å²) in [6, 6.07) is 16.5. The van der Waals surface area contributed by atoms with E-state index >= 15 is 0 Å². The van der Waals surface area contributed by atoms with E-state index in [-0.39, 0.29) is 4.90 Å². The molecule has 0 aliphatic heterocycles. The largest absolute Gasteiger partial charge is 0.494 e. The minimum absolute atomic E-state index is 0.0920. The second-order valence-corrected chi connectivity index (χ2v) is 9.32. The Labute approximate surface area is 186 Å². The number of amides is 1. The molecule has 9 heteroatoms. The summed E-state index contributed by atoms with van der Waals surface area (Å²) in [7, 11) is -3.97. The molecular weight excluding hydrogens is 434 g/mol. The van der Waals surface area contributed by atoms with Crippen molar-refractivity contribution in [2.45, 2.75) is 18.7 Å². The highest BCUT2D eigenvalue weighted by molar-refractivity contribution is 7.92. The van der Waals surface area contributed by atoms with E-state index in [1.165, 1.54) is 23.5 Å². The van der Waals surface area contributed by atoms with Gasteiger partial charge in [0, 0.05) is 4.88 Å². The van der Waals surface area contributed by atoms with Gasteiger partial charge in [0.05, 0.1) is 23.4 Å². The maximum absolute atomic E-state index is 13.3. The van der Waals surface area contributed by atoms with E-state index < -0.39 is 22.5 Å². The summed E-state index contributed by atoms with van der Waals surface area (Å²) in [5, 5.41) is 5.89. The highest BCUT2D eigenvalue weighted by Crippen LogP contribution is 2.25. The van der Waals surface area contributed by atoms with Crippen molar-refractivity contribution in [3.05, 3.63) is 76.5 Å². The first-order valence-electron chi connectivity index (χ1n) is 9.58. The average Bonchev–Trinajstić information content (AvgIpc) is 3.18. The fourth-order valence-electron chi connectivity index (χ4n) is 2.76. The van der Waals surface area contributed by atoms with Crippen molar-refractivity contribution in [2.24, 2.45) is 5.10 Å². The van der Waals surface area contributed by atoms with Gasteiger partial charge in [-0.05, 0) is 67.3 Å². The summed E-state index contributed by atoms with van der Waals surface area (Å²) in [5.74, 6) is 0.0579. The van der Waals surface area contributed by atoms with Gasteiger partial charge in [-0.2, -0.15) is 5.10 Å². The smallest absolute Gasteiger partial charge is 0.264 e. The molecule has 0 atom stereocenters. The van der Waals surface area contributed by atoms with Crippen LogP contribution in [-0.2, 0) is 14.8 Å². The van der Waals surface area contributed by atoms with Crippen LogP contribution in [0.2, 0.25) is 0 Å². The first kappa shape index (κ1) is 22.5. The molecule has 0 bridgehead atoms. The van der Waals surface area contributed by atoms with Crippen LogP contribution in [0.1, 0.15) is 17.4 Å². The third-order valence-corrected chi connectivity index (χ3v) is 7.07. The highest BCUT2D eigenvalue weighted by atomic mass is 32.2. The summed E-state index contributed by atoms with van der Waals surface area (Å²) in [4.78, 5) is 13.5. The predicted octanol–water partition coefficient (Wildman–Crippen LogP) is 3.80. The molecule has 0 saturated heterocycles. The van der Waals surface area contributed by atoms with Crippen LogP contribution in [0.4, 0.5) is 5.69 Å². The molecule has 0 spiro atoms. The lowest BCUT2D eigenvalue weighted by molar-refractivity contribution is -0.119.